The van der Waals surface area contributed by atoms with Gasteiger partial charge in [0.25, 0.3) is 0 Å². The molecule has 0 unspecified atom stereocenters. The fourth-order valence-corrected chi connectivity index (χ4v) is 2.76. The maximum atomic E-state index is 4.37. The second kappa shape index (κ2) is 5.65. The molecule has 3 heterocycles. The van der Waals surface area contributed by atoms with Crippen LogP contribution in [0.25, 0.3) is 5.65 Å². The van der Waals surface area contributed by atoms with Crippen molar-refractivity contribution in [2.45, 2.75) is 0 Å². The Labute approximate surface area is 128 Å². The Bertz CT molecular complexity index is 758. The molecule has 112 valence electrons. The lowest BCUT2D eigenvalue weighted by atomic mass is 10.2. The second-order valence-electron chi connectivity index (χ2n) is 5.34. The minimum absolute atomic E-state index is 0.766. The lowest BCUT2D eigenvalue weighted by Crippen LogP contribution is -2.43. The number of aromatic nitrogens is 3. The van der Waals surface area contributed by atoms with Crippen molar-refractivity contribution in [2.75, 3.05) is 36.4 Å². The highest BCUT2D eigenvalue weighted by Crippen LogP contribution is 2.22. The molecule has 2 aromatic heterocycles. The van der Waals surface area contributed by atoms with Gasteiger partial charge in [-0.1, -0.05) is 0 Å². The van der Waals surface area contributed by atoms with Crippen LogP contribution in [0.15, 0.2) is 49.1 Å². The van der Waals surface area contributed by atoms with Crippen molar-refractivity contribution in [1.29, 1.82) is 0 Å². The van der Waals surface area contributed by atoms with E-state index in [-0.39, 0.29) is 0 Å². The first kappa shape index (κ1) is 13.1. The van der Waals surface area contributed by atoms with Gasteiger partial charge in [0, 0.05) is 62.3 Å². The van der Waals surface area contributed by atoms with Crippen molar-refractivity contribution in [3.05, 3.63) is 49.1 Å². The lowest BCUT2D eigenvalue weighted by Gasteiger charge is -2.29. The number of nitrogens with one attached hydrogen (secondary N) is 2. The van der Waals surface area contributed by atoms with Gasteiger partial charge < -0.3 is 19.9 Å². The van der Waals surface area contributed by atoms with E-state index in [4.69, 9.17) is 0 Å². The fraction of sp³-hybridized carbons (Fsp3) is 0.250. The van der Waals surface area contributed by atoms with Gasteiger partial charge in [-0.05, 0) is 24.3 Å². The third-order valence-corrected chi connectivity index (χ3v) is 3.92. The van der Waals surface area contributed by atoms with E-state index >= 15 is 0 Å². The highest BCUT2D eigenvalue weighted by molar-refractivity contribution is 5.70. The SMILES string of the molecule is c1cn2ccnc2c(Nc2ccc(N3CCNCC3)cc2)n1. The molecule has 0 aliphatic carbocycles. The van der Waals surface area contributed by atoms with E-state index in [2.05, 4.69) is 49.8 Å². The van der Waals surface area contributed by atoms with Crippen LogP contribution in [-0.2, 0) is 0 Å². The molecule has 0 radical (unpaired) electrons. The van der Waals surface area contributed by atoms with E-state index in [1.807, 2.05) is 16.8 Å². The van der Waals surface area contributed by atoms with Gasteiger partial charge in [0.2, 0.25) is 0 Å². The molecule has 6 heteroatoms. The van der Waals surface area contributed by atoms with Gasteiger partial charge in [-0.2, -0.15) is 0 Å². The highest BCUT2D eigenvalue weighted by atomic mass is 15.2. The molecule has 1 aromatic carbocycles. The topological polar surface area (TPSA) is 57.5 Å². The average Bonchev–Trinajstić information content (AvgIpc) is 3.06. The Morgan fingerprint density at radius 3 is 2.45 bits per heavy atom. The summed E-state index contributed by atoms with van der Waals surface area (Å²) in [4.78, 5) is 11.1. The van der Waals surface area contributed by atoms with Crippen LogP contribution in [0.1, 0.15) is 0 Å². The summed E-state index contributed by atoms with van der Waals surface area (Å²) in [6, 6.07) is 8.48. The van der Waals surface area contributed by atoms with Crippen molar-refractivity contribution in [1.82, 2.24) is 19.7 Å². The smallest absolute Gasteiger partial charge is 0.180 e. The van der Waals surface area contributed by atoms with Crippen LogP contribution in [0, 0.1) is 0 Å². The molecule has 0 bridgehead atoms. The van der Waals surface area contributed by atoms with Crippen LogP contribution >= 0.6 is 0 Å². The van der Waals surface area contributed by atoms with E-state index in [0.29, 0.717) is 0 Å². The summed E-state index contributed by atoms with van der Waals surface area (Å²) < 4.78 is 1.95. The maximum Gasteiger partial charge on any atom is 0.180 e. The highest BCUT2D eigenvalue weighted by Gasteiger charge is 2.10. The van der Waals surface area contributed by atoms with Gasteiger partial charge in [0.15, 0.2) is 11.5 Å². The normalized spacial score (nSPS) is 15.2. The van der Waals surface area contributed by atoms with Gasteiger partial charge in [0.1, 0.15) is 0 Å². The third-order valence-electron chi connectivity index (χ3n) is 3.92. The van der Waals surface area contributed by atoms with E-state index in [0.717, 1.165) is 43.3 Å². The molecule has 0 spiro atoms. The van der Waals surface area contributed by atoms with E-state index in [1.54, 1.807) is 12.4 Å². The van der Waals surface area contributed by atoms with Crippen molar-refractivity contribution >= 4 is 22.8 Å². The summed E-state index contributed by atoms with van der Waals surface area (Å²) in [5.74, 6) is 0.766. The number of piperazine rings is 1. The minimum Gasteiger partial charge on any atom is -0.369 e. The molecule has 22 heavy (non-hydrogen) atoms. The number of imidazole rings is 1. The number of fused-ring (bicyclic) bond motifs is 1. The maximum absolute atomic E-state index is 4.37. The summed E-state index contributed by atoms with van der Waals surface area (Å²) in [6.07, 6.45) is 7.35. The first-order chi connectivity index (χ1) is 10.9. The summed E-state index contributed by atoms with van der Waals surface area (Å²) >= 11 is 0. The molecular weight excluding hydrogens is 276 g/mol. The van der Waals surface area contributed by atoms with Crippen LogP contribution in [-0.4, -0.2) is 40.5 Å². The molecular formula is C16H18N6. The zero-order chi connectivity index (χ0) is 14.8. The van der Waals surface area contributed by atoms with Crippen LogP contribution in [0.3, 0.4) is 0 Å². The summed E-state index contributed by atoms with van der Waals surface area (Å²) in [7, 11) is 0. The standard InChI is InChI=1S/C16H18N6/c1-3-14(21-9-5-17-6-10-21)4-2-13(1)20-15-16-19-8-12-22(16)11-7-18-15/h1-4,7-8,11-12,17H,5-6,9-10H2,(H,18,20). The first-order valence-corrected chi connectivity index (χ1v) is 7.50. The Balaban J connectivity index is 1.54. The molecule has 2 N–H and O–H groups in total. The quantitative estimate of drug-likeness (QED) is 0.772. The second-order valence-corrected chi connectivity index (χ2v) is 5.34. The molecule has 6 nitrogen and oxygen atoms in total. The number of benzene rings is 1. The molecule has 1 aliphatic rings. The first-order valence-electron chi connectivity index (χ1n) is 7.50. The molecule has 0 saturated carbocycles. The summed E-state index contributed by atoms with van der Waals surface area (Å²) in [6.45, 7) is 4.21. The summed E-state index contributed by atoms with van der Waals surface area (Å²) in [5, 5.41) is 6.71. The molecule has 1 aliphatic heterocycles. The molecule has 0 atom stereocenters. The van der Waals surface area contributed by atoms with Gasteiger partial charge in [-0.15, -0.1) is 0 Å². The molecule has 3 aromatic rings. The lowest BCUT2D eigenvalue weighted by molar-refractivity contribution is 0.589. The van der Waals surface area contributed by atoms with Gasteiger partial charge in [-0.3, -0.25) is 0 Å². The molecule has 0 amide bonds. The number of hydrogen-bond acceptors (Lipinski definition) is 5. The predicted molar refractivity (Wildman–Crippen MR) is 87.8 cm³/mol. The van der Waals surface area contributed by atoms with Gasteiger partial charge >= 0.3 is 0 Å². The average molecular weight is 294 g/mol. The van der Waals surface area contributed by atoms with Crippen LogP contribution in [0.2, 0.25) is 0 Å². The van der Waals surface area contributed by atoms with Crippen molar-refractivity contribution in [3.63, 3.8) is 0 Å². The summed E-state index contributed by atoms with van der Waals surface area (Å²) in [5.41, 5.74) is 3.11. The molecule has 4 rings (SSSR count). The Hall–Kier alpha value is -2.60. The van der Waals surface area contributed by atoms with Gasteiger partial charge in [-0.25, -0.2) is 9.97 Å². The third kappa shape index (κ3) is 2.48. The fourth-order valence-electron chi connectivity index (χ4n) is 2.76. The number of nitrogens with zero attached hydrogens (tertiary/aromatic N) is 4. The largest absolute Gasteiger partial charge is 0.369 e. The zero-order valence-electron chi connectivity index (χ0n) is 12.2. The van der Waals surface area contributed by atoms with E-state index in [9.17, 15) is 0 Å². The monoisotopic (exact) mass is 294 g/mol. The molecule has 1 saturated heterocycles. The van der Waals surface area contributed by atoms with Crippen molar-refractivity contribution < 1.29 is 0 Å². The molecule has 1 fully saturated rings. The van der Waals surface area contributed by atoms with Gasteiger partial charge in [0.05, 0.1) is 0 Å². The minimum atomic E-state index is 0.766. The Morgan fingerprint density at radius 1 is 0.955 bits per heavy atom. The van der Waals surface area contributed by atoms with Crippen LogP contribution in [0.5, 0.6) is 0 Å². The number of rotatable bonds is 3. The number of hydrogen-bond donors (Lipinski definition) is 2. The van der Waals surface area contributed by atoms with E-state index in [1.165, 1.54) is 5.69 Å². The number of anilines is 3. The predicted octanol–water partition coefficient (Wildman–Crippen LogP) is 1.88. The van der Waals surface area contributed by atoms with Crippen molar-refractivity contribution in [3.8, 4) is 0 Å². The van der Waals surface area contributed by atoms with Crippen LogP contribution in [0.4, 0.5) is 17.2 Å². The van der Waals surface area contributed by atoms with E-state index < -0.39 is 0 Å². The Kier molecular flexibility index (Phi) is 3.36. The Morgan fingerprint density at radius 2 is 1.68 bits per heavy atom. The zero-order valence-corrected chi connectivity index (χ0v) is 12.2. The van der Waals surface area contributed by atoms with Crippen LogP contribution < -0.4 is 15.5 Å². The van der Waals surface area contributed by atoms with Crippen molar-refractivity contribution in [2.24, 2.45) is 0 Å².